The number of ether oxygens (including phenoxy) is 3. The maximum absolute atomic E-state index is 12.1. The van der Waals surface area contributed by atoms with Crippen LogP contribution >= 0.6 is 15.9 Å². The van der Waals surface area contributed by atoms with Crippen molar-refractivity contribution >= 4 is 33.8 Å². The first-order chi connectivity index (χ1) is 9.48. The smallest absolute Gasteiger partial charge is 0.324 e. The van der Waals surface area contributed by atoms with Gasteiger partial charge in [0, 0.05) is 6.42 Å². The van der Waals surface area contributed by atoms with E-state index in [0.717, 1.165) is 14.2 Å². The van der Waals surface area contributed by atoms with Gasteiger partial charge in [0.05, 0.1) is 20.6 Å². The molecular weight excluding hydrogens is 344 g/mol. The largest absolute Gasteiger partial charge is 0.468 e. The highest BCUT2D eigenvalue weighted by Gasteiger charge is 2.51. The van der Waals surface area contributed by atoms with Crippen LogP contribution < -0.4 is 0 Å². The molecule has 0 fully saturated rings. The lowest BCUT2D eigenvalue weighted by atomic mass is 9.81. The van der Waals surface area contributed by atoms with Gasteiger partial charge < -0.3 is 14.2 Å². The maximum Gasteiger partial charge on any atom is 0.324 e. The lowest BCUT2D eigenvalue weighted by Crippen LogP contribution is -2.44. The van der Waals surface area contributed by atoms with Gasteiger partial charge in [-0.25, -0.2) is 0 Å². The molecule has 0 N–H and O–H groups in total. The Hall–Kier alpha value is -1.37. The predicted molar refractivity (Wildman–Crippen MR) is 79.6 cm³/mol. The molecule has 0 bridgehead atoms. The average molecular weight is 365 g/mol. The van der Waals surface area contributed by atoms with E-state index in [0.29, 0.717) is 4.48 Å². The van der Waals surface area contributed by atoms with E-state index >= 15 is 0 Å². The third-order valence-corrected chi connectivity index (χ3v) is 2.79. The van der Waals surface area contributed by atoms with Crippen LogP contribution in [0.1, 0.15) is 33.6 Å². The summed E-state index contributed by atoms with van der Waals surface area (Å²) in [6.45, 7) is 8.66. The summed E-state index contributed by atoms with van der Waals surface area (Å²) < 4.78 is 14.8. The number of hydrogen-bond donors (Lipinski definition) is 0. The molecule has 0 aromatic rings. The molecule has 0 saturated carbocycles. The normalized spacial score (nSPS) is 11.5. The molecule has 120 valence electrons. The molecule has 0 aromatic carbocycles. The predicted octanol–water partition coefficient (Wildman–Crippen LogP) is 2.35. The molecule has 0 aromatic heterocycles. The summed E-state index contributed by atoms with van der Waals surface area (Å²) in [4.78, 5) is 36.2. The number of carbonyl (C=O) groups is 3. The van der Waals surface area contributed by atoms with Gasteiger partial charge in [-0.15, -0.1) is 0 Å². The van der Waals surface area contributed by atoms with Crippen molar-refractivity contribution < 1.29 is 28.6 Å². The first-order valence-corrected chi connectivity index (χ1v) is 7.00. The number of hydrogen-bond acceptors (Lipinski definition) is 6. The zero-order chi connectivity index (χ0) is 16.8. The molecule has 0 saturated heterocycles. The van der Waals surface area contributed by atoms with Crippen molar-refractivity contribution in [1.82, 2.24) is 0 Å². The minimum atomic E-state index is -1.81. The SMILES string of the molecule is C=C(Br)CC(CC(=O)OC(C)(C)C)(C(=O)OC)C(=O)OC. The number of methoxy groups -OCH3 is 2. The topological polar surface area (TPSA) is 78.9 Å². The quantitative estimate of drug-likeness (QED) is 0.409. The van der Waals surface area contributed by atoms with Crippen LogP contribution in [-0.4, -0.2) is 37.7 Å². The van der Waals surface area contributed by atoms with Crippen molar-refractivity contribution in [2.24, 2.45) is 5.41 Å². The highest BCUT2D eigenvalue weighted by atomic mass is 79.9. The van der Waals surface area contributed by atoms with Gasteiger partial charge in [-0.1, -0.05) is 22.5 Å². The number of halogens is 1. The van der Waals surface area contributed by atoms with Crippen molar-refractivity contribution in [3.05, 3.63) is 11.1 Å². The first kappa shape index (κ1) is 19.6. The minimum absolute atomic E-state index is 0.133. The van der Waals surface area contributed by atoms with Gasteiger partial charge in [0.25, 0.3) is 0 Å². The first-order valence-electron chi connectivity index (χ1n) is 6.20. The van der Waals surface area contributed by atoms with Gasteiger partial charge in [-0.05, 0) is 25.3 Å². The van der Waals surface area contributed by atoms with Crippen LogP contribution in [0.5, 0.6) is 0 Å². The van der Waals surface area contributed by atoms with Crippen molar-refractivity contribution in [1.29, 1.82) is 0 Å². The van der Waals surface area contributed by atoms with E-state index in [1.165, 1.54) is 0 Å². The molecule has 0 amide bonds. The maximum atomic E-state index is 12.1. The Kier molecular flexibility index (Phi) is 7.09. The van der Waals surface area contributed by atoms with Gasteiger partial charge in [0.2, 0.25) is 0 Å². The minimum Gasteiger partial charge on any atom is -0.468 e. The molecule has 0 radical (unpaired) electrons. The highest BCUT2D eigenvalue weighted by Crippen LogP contribution is 2.36. The second-order valence-corrected chi connectivity index (χ2v) is 6.64. The zero-order valence-electron chi connectivity index (χ0n) is 12.9. The summed E-state index contributed by atoms with van der Waals surface area (Å²) in [5, 5.41) is 0. The fourth-order valence-corrected chi connectivity index (χ4v) is 2.26. The summed E-state index contributed by atoms with van der Waals surface area (Å²) in [5.41, 5.74) is -2.55. The highest BCUT2D eigenvalue weighted by molar-refractivity contribution is 9.11. The standard InChI is InChI=1S/C14H21BrO6/c1-9(15)7-14(11(17)19-5,12(18)20-6)8-10(16)21-13(2,3)4/h1,7-8H2,2-6H3. The number of esters is 3. The molecule has 0 unspecified atom stereocenters. The Bertz CT molecular complexity index is 419. The van der Waals surface area contributed by atoms with Crippen LogP contribution in [0.4, 0.5) is 0 Å². The molecule has 0 aliphatic carbocycles. The molecule has 0 rings (SSSR count). The van der Waals surface area contributed by atoms with E-state index in [-0.39, 0.29) is 6.42 Å². The summed E-state index contributed by atoms with van der Waals surface area (Å²) in [7, 11) is 2.26. The fourth-order valence-electron chi connectivity index (χ4n) is 1.78. The van der Waals surface area contributed by atoms with Crippen molar-refractivity contribution in [2.45, 2.75) is 39.2 Å². The molecule has 21 heavy (non-hydrogen) atoms. The van der Waals surface area contributed by atoms with Crippen LogP contribution in [0.15, 0.2) is 11.1 Å². The molecule has 0 aliphatic heterocycles. The molecular formula is C14H21BrO6. The van der Waals surface area contributed by atoms with Crippen LogP contribution in [0.3, 0.4) is 0 Å². The summed E-state index contributed by atoms with van der Waals surface area (Å²) in [5.74, 6) is -2.45. The number of allylic oxidation sites excluding steroid dienone is 1. The Morgan fingerprint density at radius 2 is 1.43 bits per heavy atom. The summed E-state index contributed by atoms with van der Waals surface area (Å²) >= 11 is 3.09. The van der Waals surface area contributed by atoms with E-state index in [2.05, 4.69) is 32.0 Å². The van der Waals surface area contributed by atoms with E-state index in [9.17, 15) is 14.4 Å². The lowest BCUT2D eigenvalue weighted by molar-refractivity contribution is -0.177. The Labute approximate surface area is 132 Å². The molecule has 7 heteroatoms. The third-order valence-electron chi connectivity index (χ3n) is 2.51. The molecule has 0 aliphatic rings. The second-order valence-electron chi connectivity index (χ2n) is 5.52. The Morgan fingerprint density at radius 1 is 1.00 bits per heavy atom. The molecule has 0 spiro atoms. The third kappa shape index (κ3) is 5.87. The van der Waals surface area contributed by atoms with Crippen LogP contribution in [0.2, 0.25) is 0 Å². The number of carbonyl (C=O) groups excluding carboxylic acids is 3. The van der Waals surface area contributed by atoms with Crippen LogP contribution in [0.25, 0.3) is 0 Å². The van der Waals surface area contributed by atoms with Crippen LogP contribution in [0, 0.1) is 5.41 Å². The van der Waals surface area contributed by atoms with Crippen molar-refractivity contribution in [3.8, 4) is 0 Å². The van der Waals surface area contributed by atoms with E-state index in [1.807, 2.05) is 0 Å². The number of rotatable bonds is 6. The summed E-state index contributed by atoms with van der Waals surface area (Å²) in [6.07, 6.45) is -0.625. The van der Waals surface area contributed by atoms with E-state index in [4.69, 9.17) is 4.74 Å². The van der Waals surface area contributed by atoms with Gasteiger partial charge in [0.15, 0.2) is 5.41 Å². The monoisotopic (exact) mass is 364 g/mol. The van der Waals surface area contributed by atoms with Crippen molar-refractivity contribution in [3.63, 3.8) is 0 Å². The fraction of sp³-hybridized carbons (Fsp3) is 0.643. The van der Waals surface area contributed by atoms with Crippen molar-refractivity contribution in [2.75, 3.05) is 14.2 Å². The average Bonchev–Trinajstić information content (AvgIpc) is 2.32. The van der Waals surface area contributed by atoms with Gasteiger partial charge >= 0.3 is 17.9 Å². The van der Waals surface area contributed by atoms with Gasteiger partial charge in [0.1, 0.15) is 5.60 Å². The Morgan fingerprint density at radius 3 is 1.71 bits per heavy atom. The van der Waals surface area contributed by atoms with Gasteiger partial charge in [-0.2, -0.15) is 0 Å². The van der Waals surface area contributed by atoms with E-state index < -0.39 is 35.3 Å². The zero-order valence-corrected chi connectivity index (χ0v) is 14.5. The van der Waals surface area contributed by atoms with Crippen LogP contribution in [-0.2, 0) is 28.6 Å². The second kappa shape index (κ2) is 7.59. The lowest BCUT2D eigenvalue weighted by Gasteiger charge is -2.28. The van der Waals surface area contributed by atoms with Gasteiger partial charge in [-0.3, -0.25) is 14.4 Å². The molecule has 6 nitrogen and oxygen atoms in total. The van der Waals surface area contributed by atoms with E-state index in [1.54, 1.807) is 20.8 Å². The molecule has 0 heterocycles. The molecule has 0 atom stereocenters. The Balaban J connectivity index is 5.56. The summed E-state index contributed by atoms with van der Waals surface area (Å²) in [6, 6.07) is 0.